The second-order valence-corrected chi connectivity index (χ2v) is 6.27. The molecule has 0 aliphatic rings. The van der Waals surface area contributed by atoms with Crippen LogP contribution in [0.2, 0.25) is 0 Å². The van der Waals surface area contributed by atoms with Gasteiger partial charge in [-0.3, -0.25) is 4.79 Å². The molecule has 0 atom stereocenters. The molecule has 28 heavy (non-hydrogen) atoms. The molecule has 0 bridgehead atoms. The van der Waals surface area contributed by atoms with Gasteiger partial charge in [-0.15, -0.1) is 0 Å². The van der Waals surface area contributed by atoms with Crippen molar-refractivity contribution in [3.8, 4) is 17.2 Å². The number of carbonyl (C=O) groups excluding carboxylic acids is 1. The third-order valence-electron chi connectivity index (χ3n) is 4.57. The highest BCUT2D eigenvalue weighted by Gasteiger charge is 2.15. The predicted octanol–water partition coefficient (Wildman–Crippen LogP) is 2.94. The van der Waals surface area contributed by atoms with Crippen LogP contribution in [0.25, 0.3) is 11.0 Å². The molecule has 2 aromatic carbocycles. The summed E-state index contributed by atoms with van der Waals surface area (Å²) in [6.07, 6.45) is 0.759. The Labute approximate surface area is 164 Å². The van der Waals surface area contributed by atoms with Crippen LogP contribution in [0.15, 0.2) is 36.4 Å². The quantitative estimate of drug-likeness (QED) is 0.647. The molecule has 0 unspecified atom stereocenters. The van der Waals surface area contributed by atoms with Crippen molar-refractivity contribution in [1.82, 2.24) is 14.9 Å². The van der Waals surface area contributed by atoms with Gasteiger partial charge in [0.2, 0.25) is 11.7 Å². The van der Waals surface area contributed by atoms with E-state index in [-0.39, 0.29) is 12.5 Å². The topological polar surface area (TPSA) is 74.6 Å². The molecule has 1 N–H and O–H groups in total. The van der Waals surface area contributed by atoms with Crippen LogP contribution in [-0.4, -0.2) is 36.8 Å². The van der Waals surface area contributed by atoms with Crippen molar-refractivity contribution in [2.45, 2.75) is 26.4 Å². The molecular formula is C21H25N3O4. The number of carbonyl (C=O) groups is 1. The first-order chi connectivity index (χ1) is 13.6. The lowest BCUT2D eigenvalue weighted by Crippen LogP contribution is -2.27. The van der Waals surface area contributed by atoms with Gasteiger partial charge in [0.1, 0.15) is 12.4 Å². The third kappa shape index (κ3) is 3.88. The van der Waals surface area contributed by atoms with Gasteiger partial charge in [0.05, 0.1) is 32.4 Å². The summed E-state index contributed by atoms with van der Waals surface area (Å²) in [4.78, 5) is 17.2. The maximum Gasteiger partial charge on any atom is 0.240 e. The molecular weight excluding hydrogens is 358 g/mol. The van der Waals surface area contributed by atoms with Gasteiger partial charge >= 0.3 is 0 Å². The molecule has 3 aromatic rings. The normalized spacial score (nSPS) is 10.7. The number of methoxy groups -OCH3 is 3. The van der Waals surface area contributed by atoms with E-state index in [1.165, 1.54) is 0 Å². The highest BCUT2D eigenvalue weighted by molar-refractivity contribution is 5.81. The summed E-state index contributed by atoms with van der Waals surface area (Å²) in [6.45, 7) is 2.60. The Bertz CT molecular complexity index is 956. The van der Waals surface area contributed by atoms with Gasteiger partial charge in [0.15, 0.2) is 11.5 Å². The van der Waals surface area contributed by atoms with Crippen LogP contribution in [0.5, 0.6) is 17.2 Å². The van der Waals surface area contributed by atoms with E-state index in [0.29, 0.717) is 23.8 Å². The second-order valence-electron chi connectivity index (χ2n) is 6.27. The van der Waals surface area contributed by atoms with Crippen LogP contribution in [0.1, 0.15) is 18.3 Å². The van der Waals surface area contributed by atoms with Crippen molar-refractivity contribution < 1.29 is 19.0 Å². The Kier molecular flexibility index (Phi) is 6.03. The molecule has 0 spiro atoms. The number of aryl methyl sites for hydroxylation is 1. The monoisotopic (exact) mass is 383 g/mol. The minimum Gasteiger partial charge on any atom is -0.493 e. The van der Waals surface area contributed by atoms with Gasteiger partial charge in [-0.1, -0.05) is 19.1 Å². The number of hydrogen-bond acceptors (Lipinski definition) is 5. The first-order valence-electron chi connectivity index (χ1n) is 9.11. The van der Waals surface area contributed by atoms with E-state index in [9.17, 15) is 4.79 Å². The van der Waals surface area contributed by atoms with Crippen molar-refractivity contribution in [2.75, 3.05) is 21.3 Å². The molecule has 0 saturated heterocycles. The Balaban J connectivity index is 1.75. The van der Waals surface area contributed by atoms with E-state index in [0.717, 1.165) is 28.8 Å². The number of benzene rings is 2. The molecule has 0 aliphatic carbocycles. The summed E-state index contributed by atoms with van der Waals surface area (Å²) >= 11 is 0. The minimum atomic E-state index is -0.0911. The summed E-state index contributed by atoms with van der Waals surface area (Å²) in [7, 11) is 4.69. The van der Waals surface area contributed by atoms with E-state index in [1.807, 2.05) is 47.9 Å². The average molecular weight is 383 g/mol. The van der Waals surface area contributed by atoms with Crippen molar-refractivity contribution in [3.05, 3.63) is 47.8 Å². The molecule has 7 heteroatoms. The van der Waals surface area contributed by atoms with Crippen molar-refractivity contribution >= 4 is 16.9 Å². The summed E-state index contributed by atoms with van der Waals surface area (Å²) in [5, 5.41) is 2.95. The summed E-state index contributed by atoms with van der Waals surface area (Å²) in [6, 6.07) is 11.5. The number of fused-ring (bicyclic) bond motifs is 1. The fourth-order valence-electron chi connectivity index (χ4n) is 3.21. The van der Waals surface area contributed by atoms with Crippen LogP contribution >= 0.6 is 0 Å². The highest BCUT2D eigenvalue weighted by Crippen LogP contribution is 2.38. The van der Waals surface area contributed by atoms with E-state index >= 15 is 0 Å². The molecule has 0 radical (unpaired) electrons. The molecule has 1 heterocycles. The number of hydrogen-bond donors (Lipinski definition) is 1. The molecule has 148 valence electrons. The fourth-order valence-corrected chi connectivity index (χ4v) is 3.21. The SMILES string of the molecule is CCc1nc2ccccc2n1CC(=O)NCc1cc(OC)c(OC)c(OC)c1. The standard InChI is InChI=1S/C21H25N3O4/c1-5-19-23-15-8-6-7-9-16(15)24(19)13-20(25)22-12-14-10-17(26-2)21(28-4)18(11-14)27-3/h6-11H,5,12-13H2,1-4H3,(H,22,25). The predicted molar refractivity (Wildman–Crippen MR) is 107 cm³/mol. The second kappa shape index (κ2) is 8.65. The number of aromatic nitrogens is 2. The Morgan fingerprint density at radius 3 is 2.36 bits per heavy atom. The Morgan fingerprint density at radius 2 is 1.75 bits per heavy atom. The average Bonchev–Trinajstić information content (AvgIpc) is 3.08. The lowest BCUT2D eigenvalue weighted by Gasteiger charge is -2.15. The van der Waals surface area contributed by atoms with Crippen molar-refractivity contribution in [3.63, 3.8) is 0 Å². The van der Waals surface area contributed by atoms with Gasteiger partial charge in [-0.2, -0.15) is 0 Å². The number of nitrogens with one attached hydrogen (secondary N) is 1. The number of nitrogens with zero attached hydrogens (tertiary/aromatic N) is 2. The van der Waals surface area contributed by atoms with Gasteiger partial charge in [0, 0.05) is 13.0 Å². The lowest BCUT2D eigenvalue weighted by atomic mass is 10.1. The van der Waals surface area contributed by atoms with Gasteiger partial charge in [0.25, 0.3) is 0 Å². The van der Waals surface area contributed by atoms with Gasteiger partial charge in [-0.25, -0.2) is 4.98 Å². The molecule has 1 aromatic heterocycles. The van der Waals surface area contributed by atoms with Crippen LogP contribution in [0.4, 0.5) is 0 Å². The minimum absolute atomic E-state index is 0.0911. The lowest BCUT2D eigenvalue weighted by molar-refractivity contribution is -0.121. The zero-order chi connectivity index (χ0) is 20.1. The van der Waals surface area contributed by atoms with Crippen LogP contribution in [-0.2, 0) is 24.3 Å². The van der Waals surface area contributed by atoms with E-state index in [4.69, 9.17) is 14.2 Å². The van der Waals surface area contributed by atoms with Crippen LogP contribution in [0, 0.1) is 0 Å². The number of ether oxygens (including phenoxy) is 3. The number of para-hydroxylation sites is 2. The number of rotatable bonds is 8. The van der Waals surface area contributed by atoms with Crippen molar-refractivity contribution in [1.29, 1.82) is 0 Å². The Morgan fingerprint density at radius 1 is 1.07 bits per heavy atom. The van der Waals surface area contributed by atoms with Crippen LogP contribution in [0.3, 0.4) is 0 Å². The molecule has 3 rings (SSSR count). The van der Waals surface area contributed by atoms with E-state index in [2.05, 4.69) is 10.3 Å². The summed E-state index contributed by atoms with van der Waals surface area (Å²) in [5.41, 5.74) is 2.72. The molecule has 1 amide bonds. The third-order valence-corrected chi connectivity index (χ3v) is 4.57. The van der Waals surface area contributed by atoms with Gasteiger partial charge < -0.3 is 24.1 Å². The van der Waals surface area contributed by atoms with Crippen LogP contribution < -0.4 is 19.5 Å². The smallest absolute Gasteiger partial charge is 0.240 e. The Hall–Kier alpha value is -3.22. The molecule has 0 aliphatic heterocycles. The first kappa shape index (κ1) is 19.5. The van der Waals surface area contributed by atoms with E-state index in [1.54, 1.807) is 21.3 Å². The zero-order valence-corrected chi connectivity index (χ0v) is 16.6. The molecule has 0 fully saturated rings. The molecule has 0 saturated carbocycles. The maximum atomic E-state index is 12.6. The largest absolute Gasteiger partial charge is 0.493 e. The number of imidazole rings is 1. The van der Waals surface area contributed by atoms with E-state index < -0.39 is 0 Å². The zero-order valence-electron chi connectivity index (χ0n) is 16.6. The summed E-state index contributed by atoms with van der Waals surface area (Å²) < 4.78 is 18.0. The van der Waals surface area contributed by atoms with Gasteiger partial charge in [-0.05, 0) is 29.8 Å². The summed E-state index contributed by atoms with van der Waals surface area (Å²) in [5.74, 6) is 2.44. The number of amides is 1. The molecule has 7 nitrogen and oxygen atoms in total. The maximum absolute atomic E-state index is 12.6. The van der Waals surface area contributed by atoms with Crippen molar-refractivity contribution in [2.24, 2.45) is 0 Å². The fraction of sp³-hybridized carbons (Fsp3) is 0.333. The highest BCUT2D eigenvalue weighted by atomic mass is 16.5. The first-order valence-corrected chi connectivity index (χ1v) is 9.11.